The maximum Gasteiger partial charge on any atom is 0.211 e. The molecular weight excluding hydrogens is 324 g/mol. The first kappa shape index (κ1) is 14.9. The molecule has 0 bridgehead atoms. The molecule has 1 heterocycles. The molecule has 0 radical (unpaired) electrons. The van der Waals surface area contributed by atoms with Gasteiger partial charge in [0.05, 0.1) is 10.5 Å². The normalized spacial score (nSPS) is 15.8. The Hall–Kier alpha value is -3.00. The van der Waals surface area contributed by atoms with Gasteiger partial charge in [0.25, 0.3) is 0 Å². The van der Waals surface area contributed by atoms with Crippen LogP contribution in [0.25, 0.3) is 4.91 Å². The van der Waals surface area contributed by atoms with Crippen LogP contribution in [0.5, 0.6) is 23.0 Å². The Morgan fingerprint density at radius 2 is 1.39 bits per heavy atom. The second-order valence-electron chi connectivity index (χ2n) is 4.89. The Bertz CT molecular complexity index is 987. The van der Waals surface area contributed by atoms with Crippen molar-refractivity contribution in [3.05, 3.63) is 47.5 Å². The second-order valence-corrected chi connectivity index (χ2v) is 6.74. The van der Waals surface area contributed by atoms with Gasteiger partial charge < -0.3 is 20.4 Å². The van der Waals surface area contributed by atoms with E-state index in [4.69, 9.17) is 0 Å². The van der Waals surface area contributed by atoms with E-state index < -0.39 is 54.0 Å². The molecule has 7 nitrogen and oxygen atoms in total. The summed E-state index contributed by atoms with van der Waals surface area (Å²) in [5.41, 5.74) is -0.543. The van der Waals surface area contributed by atoms with Crippen molar-refractivity contribution < 1.29 is 33.6 Å². The largest absolute Gasteiger partial charge is 0.507 e. The second kappa shape index (κ2) is 4.75. The van der Waals surface area contributed by atoms with Crippen LogP contribution in [0.3, 0.4) is 0 Å². The van der Waals surface area contributed by atoms with Crippen LogP contribution in [0.1, 0.15) is 15.9 Å². The van der Waals surface area contributed by atoms with Crippen molar-refractivity contribution in [3.63, 3.8) is 0 Å². The number of aromatic hydroxyl groups is 4. The summed E-state index contributed by atoms with van der Waals surface area (Å²) in [6, 6.07) is 5.25. The van der Waals surface area contributed by atoms with Crippen LogP contribution in [0.2, 0.25) is 0 Å². The van der Waals surface area contributed by atoms with Crippen molar-refractivity contribution in [2.45, 2.75) is 4.90 Å². The van der Waals surface area contributed by atoms with Gasteiger partial charge in [-0.3, -0.25) is 4.79 Å². The molecular formula is C15H10O7S. The number of benzene rings is 2. The fourth-order valence-corrected chi connectivity index (χ4v) is 4.10. The number of fused-ring (bicyclic) bond motifs is 1. The first-order valence-electron chi connectivity index (χ1n) is 6.32. The number of ketones is 1. The molecule has 0 unspecified atom stereocenters. The monoisotopic (exact) mass is 334 g/mol. The van der Waals surface area contributed by atoms with Gasteiger partial charge in [-0.05, 0) is 35.9 Å². The SMILES string of the molecule is O=C1C=C(c2ccc(O)c(O)c2)S(=O)(=O)c2c(O)ccc(O)c21. The van der Waals surface area contributed by atoms with Crippen LogP contribution in [0.15, 0.2) is 41.3 Å². The van der Waals surface area contributed by atoms with E-state index in [2.05, 4.69) is 0 Å². The van der Waals surface area contributed by atoms with E-state index in [-0.39, 0.29) is 5.56 Å². The molecule has 0 saturated heterocycles. The molecule has 0 spiro atoms. The van der Waals surface area contributed by atoms with E-state index in [1.165, 1.54) is 6.07 Å². The molecule has 2 aromatic carbocycles. The molecule has 3 rings (SSSR count). The summed E-state index contributed by atoms with van der Waals surface area (Å²) in [6.45, 7) is 0. The third kappa shape index (κ3) is 2.11. The molecule has 0 aliphatic carbocycles. The third-order valence-electron chi connectivity index (χ3n) is 3.44. The number of hydrogen-bond acceptors (Lipinski definition) is 7. The van der Waals surface area contributed by atoms with Gasteiger partial charge in [0.1, 0.15) is 16.4 Å². The predicted molar refractivity (Wildman–Crippen MR) is 79.0 cm³/mol. The Kier molecular flexibility index (Phi) is 3.08. The molecule has 0 amide bonds. The van der Waals surface area contributed by atoms with Crippen LogP contribution in [-0.2, 0) is 9.84 Å². The summed E-state index contributed by atoms with van der Waals surface area (Å²) >= 11 is 0. The van der Waals surface area contributed by atoms with E-state index >= 15 is 0 Å². The van der Waals surface area contributed by atoms with Gasteiger partial charge in [-0.2, -0.15) is 0 Å². The number of sulfone groups is 1. The van der Waals surface area contributed by atoms with Gasteiger partial charge in [0, 0.05) is 6.08 Å². The Morgan fingerprint density at radius 3 is 2.04 bits per heavy atom. The number of hydrogen-bond donors (Lipinski definition) is 4. The fourth-order valence-electron chi connectivity index (χ4n) is 2.37. The topological polar surface area (TPSA) is 132 Å². The molecule has 8 heteroatoms. The molecule has 0 atom stereocenters. The molecule has 23 heavy (non-hydrogen) atoms. The van der Waals surface area contributed by atoms with Gasteiger partial charge in [0.2, 0.25) is 9.84 Å². The van der Waals surface area contributed by atoms with Gasteiger partial charge in [-0.1, -0.05) is 0 Å². The van der Waals surface area contributed by atoms with Crippen LogP contribution in [0, 0.1) is 0 Å². The first-order chi connectivity index (χ1) is 10.7. The van der Waals surface area contributed by atoms with Crippen molar-refractivity contribution in [1.29, 1.82) is 0 Å². The third-order valence-corrected chi connectivity index (χ3v) is 5.32. The molecule has 1 aliphatic rings. The lowest BCUT2D eigenvalue weighted by atomic mass is 10.1. The summed E-state index contributed by atoms with van der Waals surface area (Å²) in [4.78, 5) is 11.0. The minimum Gasteiger partial charge on any atom is -0.507 e. The predicted octanol–water partition coefficient (Wildman–Crippen LogP) is 1.52. The number of allylic oxidation sites excluding steroid dienone is 1. The molecule has 0 fully saturated rings. The number of phenolic OH excluding ortho intramolecular Hbond substituents is 4. The van der Waals surface area contributed by atoms with Gasteiger partial charge in [-0.15, -0.1) is 0 Å². The zero-order chi connectivity index (χ0) is 16.9. The van der Waals surface area contributed by atoms with Crippen molar-refractivity contribution in [2.24, 2.45) is 0 Å². The minimum atomic E-state index is -4.31. The lowest BCUT2D eigenvalue weighted by Gasteiger charge is -2.19. The number of phenols is 4. The van der Waals surface area contributed by atoms with E-state index in [0.717, 1.165) is 30.3 Å². The standard InChI is InChI=1S/C15H10O7S/c16-8-2-1-7(5-11(8)19)13-6-12(20)14-9(17)3-4-10(18)15(14)23(13,21)22/h1-6,16-19H. The van der Waals surface area contributed by atoms with Crippen molar-refractivity contribution in [1.82, 2.24) is 0 Å². The lowest BCUT2D eigenvalue weighted by Crippen LogP contribution is -2.17. The van der Waals surface area contributed by atoms with Crippen LogP contribution in [-0.4, -0.2) is 34.6 Å². The summed E-state index contributed by atoms with van der Waals surface area (Å²) in [5.74, 6) is -3.03. The Balaban J connectivity index is 2.32. The number of carbonyl (C=O) groups is 1. The van der Waals surface area contributed by atoms with E-state index in [0.29, 0.717) is 0 Å². The summed E-state index contributed by atoms with van der Waals surface area (Å²) in [5, 5.41) is 38.4. The van der Waals surface area contributed by atoms with Gasteiger partial charge in [0.15, 0.2) is 17.3 Å². The molecule has 0 aromatic heterocycles. The highest BCUT2D eigenvalue weighted by atomic mass is 32.2. The van der Waals surface area contributed by atoms with Crippen LogP contribution >= 0.6 is 0 Å². The Labute approximate surface area is 130 Å². The molecule has 4 N–H and O–H groups in total. The number of rotatable bonds is 1. The lowest BCUT2D eigenvalue weighted by molar-refractivity contribution is 0.104. The average molecular weight is 334 g/mol. The molecule has 0 saturated carbocycles. The minimum absolute atomic E-state index is 0.0398. The van der Waals surface area contributed by atoms with Crippen molar-refractivity contribution >= 4 is 20.5 Å². The molecule has 1 aliphatic heterocycles. The zero-order valence-corrected chi connectivity index (χ0v) is 12.2. The number of carbonyl (C=O) groups excluding carboxylic acids is 1. The maximum atomic E-state index is 12.7. The van der Waals surface area contributed by atoms with Crippen LogP contribution < -0.4 is 0 Å². The highest BCUT2D eigenvalue weighted by Gasteiger charge is 2.37. The summed E-state index contributed by atoms with van der Waals surface area (Å²) in [7, 11) is -4.31. The average Bonchev–Trinajstić information content (AvgIpc) is 2.48. The van der Waals surface area contributed by atoms with Gasteiger partial charge >= 0.3 is 0 Å². The quantitative estimate of drug-likeness (QED) is 0.459. The van der Waals surface area contributed by atoms with E-state index in [9.17, 15) is 33.6 Å². The highest BCUT2D eigenvalue weighted by Crippen LogP contribution is 2.43. The first-order valence-corrected chi connectivity index (χ1v) is 7.80. The smallest absolute Gasteiger partial charge is 0.211 e. The van der Waals surface area contributed by atoms with E-state index in [1.807, 2.05) is 0 Å². The molecule has 118 valence electrons. The fraction of sp³-hybridized carbons (Fsp3) is 0. The molecule has 2 aromatic rings. The summed E-state index contributed by atoms with van der Waals surface area (Å²) < 4.78 is 25.4. The Morgan fingerprint density at radius 1 is 0.783 bits per heavy atom. The van der Waals surface area contributed by atoms with Crippen LogP contribution in [0.4, 0.5) is 0 Å². The summed E-state index contributed by atoms with van der Waals surface area (Å²) in [6.07, 6.45) is 0.794. The van der Waals surface area contributed by atoms with Gasteiger partial charge in [-0.25, -0.2) is 8.42 Å². The maximum absolute atomic E-state index is 12.7. The highest BCUT2D eigenvalue weighted by molar-refractivity contribution is 8.01. The van der Waals surface area contributed by atoms with Crippen molar-refractivity contribution in [3.8, 4) is 23.0 Å². The van der Waals surface area contributed by atoms with Crippen molar-refractivity contribution in [2.75, 3.05) is 0 Å². The van der Waals surface area contributed by atoms with E-state index in [1.54, 1.807) is 0 Å². The zero-order valence-electron chi connectivity index (χ0n) is 11.4.